The van der Waals surface area contributed by atoms with Crippen molar-refractivity contribution in [2.24, 2.45) is 16.8 Å². The van der Waals surface area contributed by atoms with Crippen molar-refractivity contribution >= 4 is 17.6 Å². The van der Waals surface area contributed by atoms with Crippen LogP contribution < -0.4 is 5.73 Å². The van der Waals surface area contributed by atoms with Gasteiger partial charge < -0.3 is 10.9 Å². The number of nitrogens with zero attached hydrogens (tertiary/aromatic N) is 1. The van der Waals surface area contributed by atoms with Crippen LogP contribution in [0, 0.1) is 5.92 Å². The first-order valence-corrected chi connectivity index (χ1v) is 5.40. The summed E-state index contributed by atoms with van der Waals surface area (Å²) in [5, 5.41) is 11.1. The van der Waals surface area contributed by atoms with Crippen LogP contribution in [-0.4, -0.2) is 22.5 Å². The number of hydrogen-bond donors (Lipinski definition) is 2. The molecular formula is C8H18N2OS. The molecule has 0 spiro atoms. The zero-order valence-corrected chi connectivity index (χ0v) is 8.60. The van der Waals surface area contributed by atoms with Crippen LogP contribution >= 0.6 is 11.8 Å². The van der Waals surface area contributed by atoms with Crippen molar-refractivity contribution in [3.63, 3.8) is 0 Å². The molecule has 0 heterocycles. The lowest BCUT2D eigenvalue weighted by molar-refractivity contribution is 0.317. The number of hydrogen-bond acceptors (Lipinski definition) is 3. The quantitative estimate of drug-likeness (QED) is 0.221. The summed E-state index contributed by atoms with van der Waals surface area (Å²) in [4.78, 5) is 0. The summed E-state index contributed by atoms with van der Waals surface area (Å²) >= 11 is 1.86. The van der Waals surface area contributed by atoms with E-state index in [2.05, 4.69) is 19.0 Å². The Kier molecular flexibility index (Phi) is 7.05. The first-order chi connectivity index (χ1) is 5.70. The lowest BCUT2D eigenvalue weighted by atomic mass is 10.2. The van der Waals surface area contributed by atoms with Crippen molar-refractivity contribution in [1.82, 2.24) is 0 Å². The van der Waals surface area contributed by atoms with E-state index < -0.39 is 0 Å². The van der Waals surface area contributed by atoms with Gasteiger partial charge in [0.15, 0.2) is 0 Å². The number of nitrogens with two attached hydrogens (primary N) is 1. The molecule has 0 bridgehead atoms. The fourth-order valence-electron chi connectivity index (χ4n) is 0.629. The first kappa shape index (κ1) is 11.6. The van der Waals surface area contributed by atoms with Gasteiger partial charge >= 0.3 is 0 Å². The van der Waals surface area contributed by atoms with Gasteiger partial charge in [0.25, 0.3) is 0 Å². The molecule has 0 aliphatic rings. The fourth-order valence-corrected chi connectivity index (χ4v) is 1.79. The van der Waals surface area contributed by atoms with Crippen LogP contribution in [0.5, 0.6) is 0 Å². The van der Waals surface area contributed by atoms with Crippen molar-refractivity contribution in [2.45, 2.75) is 26.7 Å². The molecule has 72 valence electrons. The van der Waals surface area contributed by atoms with Crippen molar-refractivity contribution < 1.29 is 5.21 Å². The van der Waals surface area contributed by atoms with E-state index in [9.17, 15) is 0 Å². The van der Waals surface area contributed by atoms with Crippen LogP contribution in [0.1, 0.15) is 26.7 Å². The van der Waals surface area contributed by atoms with Gasteiger partial charge in [0, 0.05) is 12.2 Å². The molecular weight excluding hydrogens is 172 g/mol. The summed E-state index contributed by atoms with van der Waals surface area (Å²) in [5.74, 6) is 3.20. The summed E-state index contributed by atoms with van der Waals surface area (Å²) in [6.45, 7) is 4.42. The maximum Gasteiger partial charge on any atom is 0.139 e. The minimum Gasteiger partial charge on any atom is -0.409 e. The second-order valence-electron chi connectivity index (χ2n) is 2.93. The zero-order valence-electron chi connectivity index (χ0n) is 7.79. The Bertz CT molecular complexity index is 139. The van der Waals surface area contributed by atoms with E-state index in [1.807, 2.05) is 11.8 Å². The normalized spacial score (nSPS) is 14.7. The predicted molar refractivity (Wildman–Crippen MR) is 54.8 cm³/mol. The smallest absolute Gasteiger partial charge is 0.139 e. The zero-order chi connectivity index (χ0) is 9.40. The van der Waals surface area contributed by atoms with Gasteiger partial charge in [-0.2, -0.15) is 11.8 Å². The molecule has 0 aromatic heterocycles. The SMILES string of the molecule is CCC(C)CSCCC(N)=NO. The highest BCUT2D eigenvalue weighted by molar-refractivity contribution is 7.99. The van der Waals surface area contributed by atoms with Gasteiger partial charge in [-0.25, -0.2) is 0 Å². The van der Waals surface area contributed by atoms with Crippen molar-refractivity contribution in [1.29, 1.82) is 0 Å². The van der Waals surface area contributed by atoms with Crippen LogP contribution in [0.4, 0.5) is 0 Å². The Hall–Kier alpha value is -0.380. The molecule has 1 atom stereocenters. The number of oxime groups is 1. The van der Waals surface area contributed by atoms with E-state index in [0.717, 1.165) is 17.4 Å². The summed E-state index contributed by atoms with van der Waals surface area (Å²) in [7, 11) is 0. The highest BCUT2D eigenvalue weighted by Gasteiger charge is 1.99. The molecule has 4 heteroatoms. The molecule has 0 aliphatic carbocycles. The van der Waals surface area contributed by atoms with E-state index >= 15 is 0 Å². The summed E-state index contributed by atoms with van der Waals surface area (Å²) in [5.41, 5.74) is 5.31. The molecule has 0 fully saturated rings. The van der Waals surface area contributed by atoms with Gasteiger partial charge in [-0.1, -0.05) is 25.4 Å². The Morgan fingerprint density at radius 2 is 2.33 bits per heavy atom. The number of thioether (sulfide) groups is 1. The molecule has 1 unspecified atom stereocenters. The predicted octanol–water partition coefficient (Wildman–Crippen LogP) is 1.90. The molecule has 0 radical (unpaired) electrons. The molecule has 0 amide bonds. The molecule has 0 rings (SSSR count). The molecule has 0 saturated heterocycles. The topological polar surface area (TPSA) is 58.6 Å². The molecule has 0 saturated carbocycles. The monoisotopic (exact) mass is 190 g/mol. The Morgan fingerprint density at radius 1 is 1.67 bits per heavy atom. The van der Waals surface area contributed by atoms with Gasteiger partial charge in [-0.3, -0.25) is 0 Å². The van der Waals surface area contributed by atoms with E-state index in [0.29, 0.717) is 12.3 Å². The average molecular weight is 190 g/mol. The Morgan fingerprint density at radius 3 is 2.83 bits per heavy atom. The van der Waals surface area contributed by atoms with Crippen LogP contribution in [0.3, 0.4) is 0 Å². The largest absolute Gasteiger partial charge is 0.409 e. The fraction of sp³-hybridized carbons (Fsp3) is 0.875. The van der Waals surface area contributed by atoms with Gasteiger partial charge in [0.2, 0.25) is 0 Å². The van der Waals surface area contributed by atoms with Crippen LogP contribution in [0.2, 0.25) is 0 Å². The average Bonchev–Trinajstić information content (AvgIpc) is 2.11. The van der Waals surface area contributed by atoms with E-state index in [-0.39, 0.29) is 0 Å². The Balaban J connectivity index is 3.21. The molecule has 0 aromatic rings. The maximum absolute atomic E-state index is 8.24. The summed E-state index contributed by atoms with van der Waals surface area (Å²) in [6, 6.07) is 0. The first-order valence-electron chi connectivity index (χ1n) is 4.24. The third-order valence-corrected chi connectivity index (χ3v) is 3.03. The second kappa shape index (κ2) is 7.28. The van der Waals surface area contributed by atoms with Gasteiger partial charge in [0.1, 0.15) is 5.84 Å². The highest BCUT2D eigenvalue weighted by Crippen LogP contribution is 2.11. The van der Waals surface area contributed by atoms with Crippen molar-refractivity contribution in [3.8, 4) is 0 Å². The molecule has 0 aliphatic heterocycles. The number of rotatable bonds is 6. The van der Waals surface area contributed by atoms with Gasteiger partial charge in [0.05, 0.1) is 0 Å². The lowest BCUT2D eigenvalue weighted by Gasteiger charge is -2.06. The third kappa shape index (κ3) is 6.34. The van der Waals surface area contributed by atoms with Gasteiger partial charge in [-0.05, 0) is 11.7 Å². The van der Waals surface area contributed by atoms with E-state index in [1.165, 1.54) is 6.42 Å². The standard InChI is InChI=1S/C8H18N2OS/c1-3-7(2)6-12-5-4-8(9)10-11/h7,11H,3-6H2,1-2H3,(H2,9,10). The van der Waals surface area contributed by atoms with Gasteiger partial charge in [-0.15, -0.1) is 0 Å². The van der Waals surface area contributed by atoms with Crippen molar-refractivity contribution in [2.75, 3.05) is 11.5 Å². The Labute approximate surface area is 78.4 Å². The molecule has 12 heavy (non-hydrogen) atoms. The van der Waals surface area contributed by atoms with Crippen molar-refractivity contribution in [3.05, 3.63) is 0 Å². The summed E-state index contributed by atoms with van der Waals surface area (Å²) in [6.07, 6.45) is 1.90. The molecule has 3 nitrogen and oxygen atoms in total. The van der Waals surface area contributed by atoms with Crippen LogP contribution in [-0.2, 0) is 0 Å². The minimum atomic E-state index is 0.326. The van der Waals surface area contributed by atoms with Crippen LogP contribution in [0.15, 0.2) is 5.16 Å². The van der Waals surface area contributed by atoms with Crippen LogP contribution in [0.25, 0.3) is 0 Å². The molecule has 0 aromatic carbocycles. The highest BCUT2D eigenvalue weighted by atomic mass is 32.2. The molecule has 3 N–H and O–H groups in total. The van der Waals surface area contributed by atoms with E-state index in [1.54, 1.807) is 0 Å². The number of amidine groups is 1. The second-order valence-corrected chi connectivity index (χ2v) is 4.08. The maximum atomic E-state index is 8.24. The lowest BCUT2D eigenvalue weighted by Crippen LogP contribution is -2.12. The van der Waals surface area contributed by atoms with E-state index in [4.69, 9.17) is 10.9 Å². The summed E-state index contributed by atoms with van der Waals surface area (Å²) < 4.78 is 0. The third-order valence-electron chi connectivity index (χ3n) is 1.73. The minimum absolute atomic E-state index is 0.326.